The maximum Gasteiger partial charge on any atom is 0.251 e. The predicted octanol–water partition coefficient (Wildman–Crippen LogP) is 3.54. The standard InChI is InChI=1S/C17H14ClF3N2O2/c1-10(24)23(14-6-5-13(19)15(20)16(14)21)8-7-22-17(25)11-3-2-4-12(18)9-11/h2-6,9H,7-8H2,1H3,(H,22,25). The maximum atomic E-state index is 13.9. The van der Waals surface area contributed by atoms with E-state index in [1.54, 1.807) is 18.2 Å². The number of hydrogen-bond acceptors (Lipinski definition) is 2. The molecule has 0 fully saturated rings. The summed E-state index contributed by atoms with van der Waals surface area (Å²) in [5.74, 6) is -5.49. The third-order valence-corrected chi connectivity index (χ3v) is 3.63. The fourth-order valence-electron chi connectivity index (χ4n) is 2.18. The number of anilines is 1. The minimum atomic E-state index is -1.66. The van der Waals surface area contributed by atoms with Gasteiger partial charge in [-0.2, -0.15) is 0 Å². The van der Waals surface area contributed by atoms with Gasteiger partial charge in [-0.15, -0.1) is 0 Å². The zero-order chi connectivity index (χ0) is 18.6. The van der Waals surface area contributed by atoms with Crippen molar-refractivity contribution >= 4 is 29.1 Å². The topological polar surface area (TPSA) is 49.4 Å². The van der Waals surface area contributed by atoms with Crippen LogP contribution in [-0.2, 0) is 4.79 Å². The molecule has 0 bridgehead atoms. The van der Waals surface area contributed by atoms with E-state index in [-0.39, 0.29) is 13.1 Å². The predicted molar refractivity (Wildman–Crippen MR) is 88.1 cm³/mol. The normalized spacial score (nSPS) is 10.4. The fourth-order valence-corrected chi connectivity index (χ4v) is 2.37. The van der Waals surface area contributed by atoms with Crippen LogP contribution in [0.25, 0.3) is 0 Å². The molecule has 2 aromatic rings. The Balaban J connectivity index is 2.07. The van der Waals surface area contributed by atoms with E-state index >= 15 is 0 Å². The van der Waals surface area contributed by atoms with Gasteiger partial charge in [0, 0.05) is 30.6 Å². The zero-order valence-electron chi connectivity index (χ0n) is 13.2. The summed E-state index contributed by atoms with van der Waals surface area (Å²) in [7, 11) is 0. The molecule has 0 heterocycles. The van der Waals surface area contributed by atoms with Crippen molar-refractivity contribution in [3.05, 3.63) is 64.4 Å². The molecule has 0 saturated heterocycles. The number of hydrogen-bond donors (Lipinski definition) is 1. The third-order valence-electron chi connectivity index (χ3n) is 3.39. The second kappa shape index (κ2) is 8.02. The summed E-state index contributed by atoms with van der Waals surface area (Å²) in [5, 5.41) is 2.94. The van der Waals surface area contributed by atoms with Gasteiger partial charge in [0.15, 0.2) is 17.5 Å². The van der Waals surface area contributed by atoms with Crippen LogP contribution >= 0.6 is 11.6 Å². The molecule has 0 unspecified atom stereocenters. The maximum absolute atomic E-state index is 13.9. The van der Waals surface area contributed by atoms with Crippen LogP contribution in [0, 0.1) is 17.5 Å². The van der Waals surface area contributed by atoms with Crippen molar-refractivity contribution in [2.24, 2.45) is 0 Å². The molecule has 132 valence electrons. The Labute approximate surface area is 147 Å². The molecule has 0 saturated carbocycles. The summed E-state index contributed by atoms with van der Waals surface area (Å²) in [6.07, 6.45) is 0. The minimum absolute atomic E-state index is 0.0244. The Morgan fingerprint density at radius 2 is 1.84 bits per heavy atom. The molecule has 1 N–H and O–H groups in total. The first-order valence-electron chi connectivity index (χ1n) is 7.26. The largest absolute Gasteiger partial charge is 0.350 e. The Hall–Kier alpha value is -2.54. The average molecular weight is 371 g/mol. The Morgan fingerprint density at radius 3 is 2.48 bits per heavy atom. The number of carbonyl (C=O) groups excluding carboxylic acids is 2. The van der Waals surface area contributed by atoms with E-state index in [1.807, 2.05) is 0 Å². The molecule has 0 aliphatic rings. The van der Waals surface area contributed by atoms with Crippen LogP contribution in [-0.4, -0.2) is 24.9 Å². The van der Waals surface area contributed by atoms with Gasteiger partial charge in [-0.25, -0.2) is 13.2 Å². The first-order valence-corrected chi connectivity index (χ1v) is 7.64. The molecule has 8 heteroatoms. The summed E-state index contributed by atoms with van der Waals surface area (Å²) in [6.45, 7) is 1.01. The van der Waals surface area contributed by atoms with E-state index in [9.17, 15) is 22.8 Å². The van der Waals surface area contributed by atoms with Gasteiger partial charge in [0.2, 0.25) is 5.91 Å². The fraction of sp³-hybridized carbons (Fsp3) is 0.176. The Morgan fingerprint density at radius 1 is 1.12 bits per heavy atom. The highest BCUT2D eigenvalue weighted by Crippen LogP contribution is 2.23. The SMILES string of the molecule is CC(=O)N(CCNC(=O)c1cccc(Cl)c1)c1ccc(F)c(F)c1F. The van der Waals surface area contributed by atoms with Gasteiger partial charge in [0.25, 0.3) is 5.91 Å². The molecule has 2 rings (SSSR count). The molecule has 2 amide bonds. The third kappa shape index (κ3) is 4.51. The Kier molecular flexibility index (Phi) is 6.03. The van der Waals surface area contributed by atoms with Gasteiger partial charge in [0.05, 0.1) is 5.69 Å². The minimum Gasteiger partial charge on any atom is -0.350 e. The van der Waals surface area contributed by atoms with Crippen molar-refractivity contribution in [1.82, 2.24) is 5.32 Å². The average Bonchev–Trinajstić information content (AvgIpc) is 2.57. The number of carbonyl (C=O) groups is 2. The summed E-state index contributed by atoms with van der Waals surface area (Å²) in [4.78, 5) is 24.6. The first kappa shape index (κ1) is 18.8. The van der Waals surface area contributed by atoms with E-state index in [1.165, 1.54) is 6.07 Å². The summed E-state index contributed by atoms with van der Waals surface area (Å²) in [6, 6.07) is 7.94. The molecule has 0 atom stereocenters. The highest BCUT2D eigenvalue weighted by Gasteiger charge is 2.21. The molecule has 0 radical (unpaired) electrons. The molecule has 0 aromatic heterocycles. The number of nitrogens with one attached hydrogen (secondary N) is 1. The van der Waals surface area contributed by atoms with Crippen LogP contribution in [0.4, 0.5) is 18.9 Å². The lowest BCUT2D eigenvalue weighted by Crippen LogP contribution is -2.38. The van der Waals surface area contributed by atoms with Crippen LogP contribution in [0.15, 0.2) is 36.4 Å². The zero-order valence-corrected chi connectivity index (χ0v) is 13.9. The Bertz CT molecular complexity index is 814. The highest BCUT2D eigenvalue weighted by molar-refractivity contribution is 6.30. The first-order chi connectivity index (χ1) is 11.8. The van der Waals surface area contributed by atoms with Gasteiger partial charge in [-0.05, 0) is 30.3 Å². The lowest BCUT2D eigenvalue weighted by molar-refractivity contribution is -0.116. The van der Waals surface area contributed by atoms with Gasteiger partial charge < -0.3 is 10.2 Å². The smallest absolute Gasteiger partial charge is 0.251 e. The van der Waals surface area contributed by atoms with E-state index in [0.717, 1.165) is 24.0 Å². The lowest BCUT2D eigenvalue weighted by Gasteiger charge is -2.22. The van der Waals surface area contributed by atoms with Crippen molar-refractivity contribution < 1.29 is 22.8 Å². The van der Waals surface area contributed by atoms with Gasteiger partial charge in [-0.3, -0.25) is 9.59 Å². The lowest BCUT2D eigenvalue weighted by atomic mass is 10.2. The second-order valence-electron chi connectivity index (χ2n) is 5.13. The van der Waals surface area contributed by atoms with Crippen molar-refractivity contribution in [1.29, 1.82) is 0 Å². The van der Waals surface area contributed by atoms with E-state index in [0.29, 0.717) is 10.6 Å². The quantitative estimate of drug-likeness (QED) is 0.818. The molecular weight excluding hydrogens is 357 g/mol. The molecular formula is C17H14ClF3N2O2. The van der Waals surface area contributed by atoms with E-state index in [2.05, 4.69) is 5.32 Å². The van der Waals surface area contributed by atoms with Gasteiger partial charge in [-0.1, -0.05) is 17.7 Å². The number of halogens is 4. The van der Waals surface area contributed by atoms with Crippen LogP contribution in [0.1, 0.15) is 17.3 Å². The van der Waals surface area contributed by atoms with Crippen molar-refractivity contribution in [2.75, 3.05) is 18.0 Å². The van der Waals surface area contributed by atoms with Crippen molar-refractivity contribution in [3.8, 4) is 0 Å². The van der Waals surface area contributed by atoms with Crippen LogP contribution in [0.5, 0.6) is 0 Å². The number of benzene rings is 2. The monoisotopic (exact) mass is 370 g/mol. The van der Waals surface area contributed by atoms with Gasteiger partial charge in [0.1, 0.15) is 0 Å². The number of rotatable bonds is 5. The number of amides is 2. The van der Waals surface area contributed by atoms with E-state index in [4.69, 9.17) is 11.6 Å². The van der Waals surface area contributed by atoms with Crippen LogP contribution < -0.4 is 10.2 Å². The molecule has 0 aliphatic carbocycles. The molecule has 0 aliphatic heterocycles. The summed E-state index contributed by atoms with van der Waals surface area (Å²) >= 11 is 5.80. The molecule has 2 aromatic carbocycles. The second-order valence-corrected chi connectivity index (χ2v) is 5.57. The van der Waals surface area contributed by atoms with E-state index < -0.39 is 35.0 Å². The van der Waals surface area contributed by atoms with Crippen LogP contribution in [0.3, 0.4) is 0 Å². The van der Waals surface area contributed by atoms with Crippen molar-refractivity contribution in [3.63, 3.8) is 0 Å². The van der Waals surface area contributed by atoms with Crippen molar-refractivity contribution in [2.45, 2.75) is 6.92 Å². The summed E-state index contributed by atoms with van der Waals surface area (Å²) in [5.41, 5.74) is -0.0794. The molecule has 0 spiro atoms. The van der Waals surface area contributed by atoms with Gasteiger partial charge >= 0.3 is 0 Å². The molecule has 25 heavy (non-hydrogen) atoms. The highest BCUT2D eigenvalue weighted by atomic mass is 35.5. The van der Waals surface area contributed by atoms with Crippen LogP contribution in [0.2, 0.25) is 5.02 Å². The number of nitrogens with zero attached hydrogens (tertiary/aromatic N) is 1. The molecule has 4 nitrogen and oxygen atoms in total. The summed E-state index contributed by atoms with van der Waals surface area (Å²) < 4.78 is 40.2.